The molecular weight excluding hydrogens is 224 g/mol. The van der Waals surface area contributed by atoms with Crippen LogP contribution < -0.4 is 10.2 Å². The highest BCUT2D eigenvalue weighted by Gasteiger charge is 2.06. The van der Waals surface area contributed by atoms with Crippen LogP contribution in [0.2, 0.25) is 0 Å². The second kappa shape index (κ2) is 5.12. The van der Waals surface area contributed by atoms with Crippen molar-refractivity contribution in [3.63, 3.8) is 0 Å². The molecule has 0 aliphatic heterocycles. The summed E-state index contributed by atoms with van der Waals surface area (Å²) in [7, 11) is 5.96. The fourth-order valence-corrected chi connectivity index (χ4v) is 1.89. The maximum absolute atomic E-state index is 4.50. The summed E-state index contributed by atoms with van der Waals surface area (Å²) in [5, 5.41) is 3.02. The zero-order chi connectivity index (χ0) is 13.1. The van der Waals surface area contributed by atoms with Gasteiger partial charge in [-0.2, -0.15) is 0 Å². The van der Waals surface area contributed by atoms with Crippen molar-refractivity contribution in [1.82, 2.24) is 9.97 Å². The molecule has 2 N–H and O–H groups in total. The summed E-state index contributed by atoms with van der Waals surface area (Å²) in [5.41, 5.74) is 4.71. The molecule has 1 aromatic heterocycles. The lowest BCUT2D eigenvalue weighted by Gasteiger charge is -2.12. The molecule has 0 fully saturated rings. The van der Waals surface area contributed by atoms with Crippen molar-refractivity contribution >= 4 is 11.6 Å². The molecule has 0 saturated heterocycles. The monoisotopic (exact) mass is 244 g/mol. The van der Waals surface area contributed by atoms with Gasteiger partial charge in [-0.15, -0.1) is 0 Å². The average molecular weight is 244 g/mol. The molecule has 96 valence electrons. The molecule has 0 aliphatic carbocycles. The highest BCUT2D eigenvalue weighted by atomic mass is 15.1. The molecule has 1 aromatic carbocycles. The second-order valence-electron chi connectivity index (χ2n) is 4.64. The van der Waals surface area contributed by atoms with Crippen LogP contribution in [-0.4, -0.2) is 31.1 Å². The van der Waals surface area contributed by atoms with E-state index in [0.29, 0.717) is 0 Å². The van der Waals surface area contributed by atoms with Crippen LogP contribution >= 0.6 is 0 Å². The molecule has 2 aromatic rings. The van der Waals surface area contributed by atoms with Gasteiger partial charge in [-0.3, -0.25) is 0 Å². The number of imidazole rings is 1. The number of nitrogens with zero attached hydrogens (tertiary/aromatic N) is 2. The number of hydrogen-bond acceptors (Lipinski definition) is 3. The number of anilines is 2. The predicted molar refractivity (Wildman–Crippen MR) is 76.4 cm³/mol. The highest BCUT2D eigenvalue weighted by molar-refractivity contribution is 5.46. The highest BCUT2D eigenvalue weighted by Crippen LogP contribution is 2.17. The van der Waals surface area contributed by atoms with Gasteiger partial charge < -0.3 is 15.2 Å². The molecule has 0 amide bonds. The topological polar surface area (TPSA) is 44.0 Å². The Bertz CT molecular complexity index is 511. The second-order valence-corrected chi connectivity index (χ2v) is 4.64. The van der Waals surface area contributed by atoms with Gasteiger partial charge in [-0.1, -0.05) is 12.1 Å². The Morgan fingerprint density at radius 3 is 2.39 bits per heavy atom. The summed E-state index contributed by atoms with van der Waals surface area (Å²) in [6.07, 6.45) is 0.859. The van der Waals surface area contributed by atoms with Gasteiger partial charge in [-0.25, -0.2) is 4.98 Å². The Hall–Kier alpha value is -1.97. The molecule has 2 rings (SSSR count). The van der Waals surface area contributed by atoms with Crippen LogP contribution in [0.4, 0.5) is 11.6 Å². The maximum Gasteiger partial charge on any atom is 0.200 e. The van der Waals surface area contributed by atoms with Gasteiger partial charge in [0.1, 0.15) is 0 Å². The van der Waals surface area contributed by atoms with Crippen LogP contribution in [0, 0.1) is 6.92 Å². The van der Waals surface area contributed by atoms with Crippen LogP contribution in [0.5, 0.6) is 0 Å². The molecule has 4 nitrogen and oxygen atoms in total. The summed E-state index contributed by atoms with van der Waals surface area (Å²) in [4.78, 5) is 9.82. The van der Waals surface area contributed by atoms with Crippen LogP contribution in [-0.2, 0) is 6.42 Å². The minimum atomic E-state index is 0.826. The van der Waals surface area contributed by atoms with Crippen molar-refractivity contribution in [2.24, 2.45) is 0 Å². The van der Waals surface area contributed by atoms with Gasteiger partial charge >= 0.3 is 0 Å². The van der Waals surface area contributed by atoms with Crippen molar-refractivity contribution < 1.29 is 0 Å². The Labute approximate surface area is 108 Å². The summed E-state index contributed by atoms with van der Waals surface area (Å²) >= 11 is 0. The third-order valence-corrected chi connectivity index (χ3v) is 3.05. The summed E-state index contributed by atoms with van der Waals surface area (Å²) in [5.74, 6) is 0.826. The maximum atomic E-state index is 4.50. The minimum Gasteiger partial charge on any atom is -0.378 e. The van der Waals surface area contributed by atoms with E-state index >= 15 is 0 Å². The Morgan fingerprint density at radius 1 is 1.22 bits per heavy atom. The van der Waals surface area contributed by atoms with Gasteiger partial charge in [0.2, 0.25) is 0 Å². The quantitative estimate of drug-likeness (QED) is 0.868. The van der Waals surface area contributed by atoms with Crippen LogP contribution in [0.1, 0.15) is 17.0 Å². The molecule has 0 saturated carbocycles. The SMILES string of the molecule is CNc1nc(Cc2ccc(N(C)C)cc2)c(C)[nH]1. The number of aromatic nitrogens is 2. The Kier molecular flexibility index (Phi) is 3.55. The standard InChI is InChI=1S/C14H20N4/c1-10-13(17-14(15-2)16-10)9-11-5-7-12(8-6-11)18(3)4/h5-8H,9H2,1-4H3,(H2,15,16,17). The summed E-state index contributed by atoms with van der Waals surface area (Å²) < 4.78 is 0. The molecule has 1 heterocycles. The zero-order valence-electron chi connectivity index (χ0n) is 11.4. The lowest BCUT2D eigenvalue weighted by atomic mass is 10.1. The summed E-state index contributed by atoms with van der Waals surface area (Å²) in [6.45, 7) is 2.05. The minimum absolute atomic E-state index is 0.826. The molecule has 0 unspecified atom stereocenters. The predicted octanol–water partition coefficient (Wildman–Crippen LogP) is 2.42. The van der Waals surface area contributed by atoms with Crippen LogP contribution in [0.3, 0.4) is 0 Å². The zero-order valence-corrected chi connectivity index (χ0v) is 11.4. The van der Waals surface area contributed by atoms with E-state index in [1.807, 2.05) is 21.1 Å². The van der Waals surface area contributed by atoms with Crippen molar-refractivity contribution in [3.05, 3.63) is 41.2 Å². The Morgan fingerprint density at radius 2 is 1.89 bits per heavy atom. The van der Waals surface area contributed by atoms with Crippen molar-refractivity contribution in [1.29, 1.82) is 0 Å². The van der Waals surface area contributed by atoms with E-state index in [1.165, 1.54) is 11.3 Å². The van der Waals surface area contributed by atoms with Gasteiger partial charge in [0, 0.05) is 38.9 Å². The number of benzene rings is 1. The first-order chi connectivity index (χ1) is 8.60. The number of H-pyrrole nitrogens is 1. The van der Waals surface area contributed by atoms with Crippen molar-refractivity contribution in [2.45, 2.75) is 13.3 Å². The van der Waals surface area contributed by atoms with Gasteiger partial charge in [0.25, 0.3) is 0 Å². The van der Waals surface area contributed by atoms with Crippen molar-refractivity contribution in [2.75, 3.05) is 31.4 Å². The van der Waals surface area contributed by atoms with Gasteiger partial charge in [-0.05, 0) is 24.6 Å². The van der Waals surface area contributed by atoms with E-state index in [1.54, 1.807) is 0 Å². The number of aryl methyl sites for hydroxylation is 1. The molecule has 0 radical (unpaired) electrons. The van der Waals surface area contributed by atoms with E-state index in [-0.39, 0.29) is 0 Å². The Balaban J connectivity index is 2.15. The summed E-state index contributed by atoms with van der Waals surface area (Å²) in [6, 6.07) is 8.58. The van der Waals surface area contributed by atoms with E-state index in [0.717, 1.165) is 23.8 Å². The molecule has 0 bridgehead atoms. The molecule has 0 spiro atoms. The van der Waals surface area contributed by atoms with E-state index in [9.17, 15) is 0 Å². The number of hydrogen-bond donors (Lipinski definition) is 2. The van der Waals surface area contributed by atoms with Gasteiger partial charge in [0.15, 0.2) is 5.95 Å². The third kappa shape index (κ3) is 2.64. The number of aromatic amines is 1. The van der Waals surface area contributed by atoms with E-state index < -0.39 is 0 Å². The molecule has 0 atom stereocenters. The first-order valence-corrected chi connectivity index (χ1v) is 6.09. The van der Waals surface area contributed by atoms with Gasteiger partial charge in [0.05, 0.1) is 5.69 Å². The number of rotatable bonds is 4. The largest absolute Gasteiger partial charge is 0.378 e. The lowest BCUT2D eigenvalue weighted by Crippen LogP contribution is -2.08. The normalized spacial score (nSPS) is 10.4. The lowest BCUT2D eigenvalue weighted by molar-refractivity contribution is 1.07. The van der Waals surface area contributed by atoms with Crippen molar-refractivity contribution in [3.8, 4) is 0 Å². The number of nitrogens with one attached hydrogen (secondary N) is 2. The molecule has 0 aliphatic rings. The van der Waals surface area contributed by atoms with Crippen LogP contribution in [0.25, 0.3) is 0 Å². The average Bonchev–Trinajstić information content (AvgIpc) is 2.71. The smallest absolute Gasteiger partial charge is 0.200 e. The first kappa shape index (κ1) is 12.5. The van der Waals surface area contributed by atoms with Crippen LogP contribution in [0.15, 0.2) is 24.3 Å². The molecular formula is C14H20N4. The van der Waals surface area contributed by atoms with E-state index in [2.05, 4.69) is 51.4 Å². The molecule has 18 heavy (non-hydrogen) atoms. The van der Waals surface area contributed by atoms with E-state index in [4.69, 9.17) is 0 Å². The fraction of sp³-hybridized carbons (Fsp3) is 0.357. The third-order valence-electron chi connectivity index (χ3n) is 3.05. The molecule has 4 heteroatoms. The fourth-order valence-electron chi connectivity index (χ4n) is 1.89. The first-order valence-electron chi connectivity index (χ1n) is 6.09.